The molecule has 1 atom stereocenters. The lowest BCUT2D eigenvalue weighted by atomic mass is 9.84. The molecular formula is C18H25N5O2. The van der Waals surface area contributed by atoms with Crippen LogP contribution in [0.2, 0.25) is 0 Å². The molecule has 2 amide bonds. The summed E-state index contributed by atoms with van der Waals surface area (Å²) in [6.07, 6.45) is 9.60. The van der Waals surface area contributed by atoms with Crippen molar-refractivity contribution in [2.24, 2.45) is 5.92 Å². The van der Waals surface area contributed by atoms with E-state index < -0.39 is 0 Å². The molecule has 7 nitrogen and oxygen atoms in total. The topological polar surface area (TPSA) is 84.2 Å². The minimum absolute atomic E-state index is 0.110. The van der Waals surface area contributed by atoms with Crippen LogP contribution in [-0.4, -0.2) is 39.1 Å². The average Bonchev–Trinajstić information content (AvgIpc) is 3.11. The summed E-state index contributed by atoms with van der Waals surface area (Å²) in [5.41, 5.74) is 0.836. The SMILES string of the molecule is C[C@@H](NC(=O)N(C)Cc1nc(-c2ccncc2)no1)C1CCCCC1. The Morgan fingerprint density at radius 2 is 2.04 bits per heavy atom. The zero-order valence-corrected chi connectivity index (χ0v) is 14.8. The van der Waals surface area contributed by atoms with Crippen molar-refractivity contribution in [1.82, 2.24) is 25.3 Å². The van der Waals surface area contributed by atoms with Crippen LogP contribution in [0.3, 0.4) is 0 Å². The standard InChI is InChI=1S/C18H25N5O2/c1-13(14-6-4-3-5-7-14)20-18(24)23(2)12-16-21-17(22-25-16)15-8-10-19-11-9-15/h8-11,13-14H,3-7,12H2,1-2H3,(H,20,24)/t13-/m1/s1. The maximum absolute atomic E-state index is 12.4. The highest BCUT2D eigenvalue weighted by molar-refractivity contribution is 5.74. The van der Waals surface area contributed by atoms with Gasteiger partial charge in [0.25, 0.3) is 0 Å². The van der Waals surface area contributed by atoms with Gasteiger partial charge in [-0.1, -0.05) is 24.4 Å². The molecule has 1 aliphatic carbocycles. The number of nitrogens with one attached hydrogen (secondary N) is 1. The van der Waals surface area contributed by atoms with Gasteiger partial charge in [-0.25, -0.2) is 4.79 Å². The monoisotopic (exact) mass is 343 g/mol. The molecule has 3 rings (SSSR count). The normalized spacial score (nSPS) is 16.4. The molecule has 2 aromatic heterocycles. The lowest BCUT2D eigenvalue weighted by Crippen LogP contribution is -2.45. The number of carbonyl (C=O) groups is 1. The number of carbonyl (C=O) groups excluding carboxylic acids is 1. The van der Waals surface area contributed by atoms with E-state index in [2.05, 4.69) is 27.4 Å². The van der Waals surface area contributed by atoms with Crippen LogP contribution in [0.1, 0.15) is 44.9 Å². The summed E-state index contributed by atoms with van der Waals surface area (Å²) < 4.78 is 5.26. The van der Waals surface area contributed by atoms with Crippen LogP contribution in [0, 0.1) is 5.92 Å². The fraction of sp³-hybridized carbons (Fsp3) is 0.556. The molecule has 2 aromatic rings. The highest BCUT2D eigenvalue weighted by Crippen LogP contribution is 2.26. The molecule has 0 bridgehead atoms. The lowest BCUT2D eigenvalue weighted by molar-refractivity contribution is 0.187. The van der Waals surface area contributed by atoms with Gasteiger partial charge >= 0.3 is 6.03 Å². The summed E-state index contributed by atoms with van der Waals surface area (Å²) in [6.45, 7) is 2.37. The first kappa shape index (κ1) is 17.4. The summed E-state index contributed by atoms with van der Waals surface area (Å²) in [5, 5.41) is 7.06. The molecule has 0 spiro atoms. The van der Waals surface area contributed by atoms with E-state index in [1.165, 1.54) is 32.1 Å². The maximum Gasteiger partial charge on any atom is 0.317 e. The predicted molar refractivity (Wildman–Crippen MR) is 93.6 cm³/mol. The fourth-order valence-electron chi connectivity index (χ4n) is 3.27. The maximum atomic E-state index is 12.4. The first-order chi connectivity index (χ1) is 12.1. The van der Waals surface area contributed by atoms with Crippen molar-refractivity contribution in [3.05, 3.63) is 30.4 Å². The largest absolute Gasteiger partial charge is 0.337 e. The van der Waals surface area contributed by atoms with Crippen LogP contribution in [0.5, 0.6) is 0 Å². The molecule has 0 aromatic carbocycles. The van der Waals surface area contributed by atoms with Gasteiger partial charge in [0.05, 0.1) is 0 Å². The molecule has 2 heterocycles. The van der Waals surface area contributed by atoms with Gasteiger partial charge < -0.3 is 14.7 Å². The lowest BCUT2D eigenvalue weighted by Gasteiger charge is -2.29. The summed E-state index contributed by atoms with van der Waals surface area (Å²) in [6, 6.07) is 3.71. The van der Waals surface area contributed by atoms with Crippen molar-refractivity contribution in [3.8, 4) is 11.4 Å². The summed E-state index contributed by atoms with van der Waals surface area (Å²) >= 11 is 0. The molecule has 0 aliphatic heterocycles. The number of hydrogen-bond acceptors (Lipinski definition) is 5. The van der Waals surface area contributed by atoms with Gasteiger partial charge in [-0.2, -0.15) is 4.98 Å². The Bertz CT molecular complexity index is 682. The Morgan fingerprint density at radius 3 is 2.76 bits per heavy atom. The van der Waals surface area contributed by atoms with Gasteiger partial charge in [0.15, 0.2) is 0 Å². The van der Waals surface area contributed by atoms with E-state index in [0.717, 1.165) is 5.56 Å². The minimum atomic E-state index is -0.110. The molecule has 1 fully saturated rings. The number of pyridine rings is 1. The van der Waals surface area contributed by atoms with E-state index in [1.54, 1.807) is 24.3 Å². The average molecular weight is 343 g/mol. The van der Waals surface area contributed by atoms with E-state index in [-0.39, 0.29) is 18.6 Å². The van der Waals surface area contributed by atoms with Crippen molar-refractivity contribution < 1.29 is 9.32 Å². The summed E-state index contributed by atoms with van der Waals surface area (Å²) in [4.78, 5) is 22.3. The number of urea groups is 1. The fourth-order valence-corrected chi connectivity index (χ4v) is 3.27. The molecule has 1 aliphatic rings. The highest BCUT2D eigenvalue weighted by atomic mass is 16.5. The van der Waals surface area contributed by atoms with Gasteiger partial charge in [-0.3, -0.25) is 4.98 Å². The van der Waals surface area contributed by atoms with Gasteiger partial charge in [0, 0.05) is 31.0 Å². The number of rotatable bonds is 5. The first-order valence-corrected chi connectivity index (χ1v) is 8.88. The van der Waals surface area contributed by atoms with Gasteiger partial charge in [0.2, 0.25) is 11.7 Å². The molecule has 1 N–H and O–H groups in total. The predicted octanol–water partition coefficient (Wildman–Crippen LogP) is 3.24. The Balaban J connectivity index is 1.54. The Labute approximate surface area is 147 Å². The number of aromatic nitrogens is 3. The zero-order valence-electron chi connectivity index (χ0n) is 14.8. The molecule has 1 saturated carbocycles. The van der Waals surface area contributed by atoms with Gasteiger partial charge in [-0.05, 0) is 37.8 Å². The highest BCUT2D eigenvalue weighted by Gasteiger charge is 2.23. The molecule has 25 heavy (non-hydrogen) atoms. The number of amides is 2. The van der Waals surface area contributed by atoms with Crippen LogP contribution in [0.25, 0.3) is 11.4 Å². The molecule has 0 saturated heterocycles. The molecular weight excluding hydrogens is 318 g/mol. The van der Waals surface area contributed by atoms with Crippen molar-refractivity contribution in [3.63, 3.8) is 0 Å². The van der Waals surface area contributed by atoms with Crippen molar-refractivity contribution in [2.45, 2.75) is 51.6 Å². The van der Waals surface area contributed by atoms with E-state index in [0.29, 0.717) is 17.6 Å². The van der Waals surface area contributed by atoms with Crippen molar-refractivity contribution in [1.29, 1.82) is 0 Å². The zero-order chi connectivity index (χ0) is 17.6. The second kappa shape index (κ2) is 8.09. The van der Waals surface area contributed by atoms with Gasteiger partial charge in [-0.15, -0.1) is 0 Å². The van der Waals surface area contributed by atoms with Crippen LogP contribution in [0.4, 0.5) is 4.79 Å². The third kappa shape index (κ3) is 4.55. The van der Waals surface area contributed by atoms with E-state index in [9.17, 15) is 4.79 Å². The van der Waals surface area contributed by atoms with Crippen LogP contribution in [0.15, 0.2) is 29.0 Å². The van der Waals surface area contributed by atoms with E-state index in [1.807, 2.05) is 12.1 Å². The Hall–Kier alpha value is -2.44. The quantitative estimate of drug-likeness (QED) is 0.901. The molecule has 134 valence electrons. The van der Waals surface area contributed by atoms with Crippen molar-refractivity contribution >= 4 is 6.03 Å². The Kier molecular flexibility index (Phi) is 5.63. The van der Waals surface area contributed by atoms with E-state index >= 15 is 0 Å². The van der Waals surface area contributed by atoms with Crippen LogP contribution < -0.4 is 5.32 Å². The smallest absolute Gasteiger partial charge is 0.317 e. The first-order valence-electron chi connectivity index (χ1n) is 8.88. The third-order valence-electron chi connectivity index (χ3n) is 4.83. The summed E-state index contributed by atoms with van der Waals surface area (Å²) in [5.74, 6) is 1.49. The molecule has 0 radical (unpaired) electrons. The summed E-state index contributed by atoms with van der Waals surface area (Å²) in [7, 11) is 1.74. The Morgan fingerprint density at radius 1 is 1.32 bits per heavy atom. The molecule has 7 heteroatoms. The second-order valence-electron chi connectivity index (χ2n) is 6.74. The second-order valence-corrected chi connectivity index (χ2v) is 6.74. The molecule has 0 unspecified atom stereocenters. The van der Waals surface area contributed by atoms with E-state index in [4.69, 9.17) is 4.52 Å². The third-order valence-corrected chi connectivity index (χ3v) is 4.83. The van der Waals surface area contributed by atoms with Crippen molar-refractivity contribution in [2.75, 3.05) is 7.05 Å². The minimum Gasteiger partial charge on any atom is -0.337 e. The number of hydrogen-bond donors (Lipinski definition) is 1. The number of nitrogens with zero attached hydrogens (tertiary/aromatic N) is 4. The van der Waals surface area contributed by atoms with Crippen LogP contribution in [-0.2, 0) is 6.54 Å². The van der Waals surface area contributed by atoms with Crippen LogP contribution >= 0.6 is 0 Å². The van der Waals surface area contributed by atoms with Gasteiger partial charge in [0.1, 0.15) is 6.54 Å².